The maximum atomic E-state index is 11.5. The van der Waals surface area contributed by atoms with E-state index in [0.717, 1.165) is 0 Å². The van der Waals surface area contributed by atoms with Gasteiger partial charge < -0.3 is 11.1 Å². The van der Waals surface area contributed by atoms with Crippen LogP contribution < -0.4 is 16.5 Å². The fraction of sp³-hybridized carbons (Fsp3) is 0.500. The van der Waals surface area contributed by atoms with Crippen LogP contribution in [0.25, 0.3) is 0 Å². The van der Waals surface area contributed by atoms with Crippen LogP contribution in [0.1, 0.15) is 5.69 Å². The third-order valence-corrected chi connectivity index (χ3v) is 2.18. The fourth-order valence-electron chi connectivity index (χ4n) is 1.35. The molecule has 9 heteroatoms. The molecule has 4 N–H and O–H groups in total. The molecule has 0 radical (unpaired) electrons. The SMILES string of the molecule is NCc1cn(CC(=O)N[C@@H]2CONC2=O)nn1. The minimum atomic E-state index is -0.653. The molecule has 1 aliphatic rings. The first-order valence-corrected chi connectivity index (χ1v) is 4.99. The van der Waals surface area contributed by atoms with E-state index in [1.165, 1.54) is 4.68 Å². The summed E-state index contributed by atoms with van der Waals surface area (Å²) in [5, 5.41) is 9.96. The molecule has 2 amide bonds. The number of amides is 2. The van der Waals surface area contributed by atoms with Gasteiger partial charge in [-0.25, -0.2) is 10.2 Å². The largest absolute Gasteiger partial charge is 0.341 e. The van der Waals surface area contributed by atoms with Gasteiger partial charge >= 0.3 is 0 Å². The van der Waals surface area contributed by atoms with Crippen molar-refractivity contribution in [2.24, 2.45) is 5.73 Å². The molecule has 92 valence electrons. The van der Waals surface area contributed by atoms with Crippen LogP contribution in [-0.2, 0) is 27.5 Å². The first kappa shape index (κ1) is 11.5. The van der Waals surface area contributed by atoms with Crippen LogP contribution in [0.15, 0.2) is 6.20 Å². The Kier molecular flexibility index (Phi) is 3.30. The number of hydroxylamine groups is 1. The predicted octanol–water partition coefficient (Wildman–Crippen LogP) is -2.72. The molecule has 0 aromatic carbocycles. The van der Waals surface area contributed by atoms with Gasteiger partial charge in [-0.15, -0.1) is 5.10 Å². The lowest BCUT2D eigenvalue weighted by molar-refractivity contribution is -0.129. The van der Waals surface area contributed by atoms with E-state index in [0.29, 0.717) is 5.69 Å². The maximum absolute atomic E-state index is 11.5. The molecule has 9 nitrogen and oxygen atoms in total. The summed E-state index contributed by atoms with van der Waals surface area (Å²) >= 11 is 0. The Bertz CT molecular complexity index is 431. The van der Waals surface area contributed by atoms with Crippen LogP contribution in [0.4, 0.5) is 0 Å². The van der Waals surface area contributed by atoms with Crippen LogP contribution in [0.3, 0.4) is 0 Å². The number of nitrogens with zero attached hydrogens (tertiary/aromatic N) is 3. The fourth-order valence-corrected chi connectivity index (χ4v) is 1.35. The van der Waals surface area contributed by atoms with Crippen molar-refractivity contribution in [3.63, 3.8) is 0 Å². The van der Waals surface area contributed by atoms with Gasteiger partial charge in [-0.05, 0) is 0 Å². The molecule has 0 saturated carbocycles. The number of carbonyl (C=O) groups is 2. The highest BCUT2D eigenvalue weighted by molar-refractivity contribution is 5.87. The lowest BCUT2D eigenvalue weighted by Crippen LogP contribution is -2.43. The molecule has 1 saturated heterocycles. The van der Waals surface area contributed by atoms with Crippen molar-refractivity contribution in [2.75, 3.05) is 6.61 Å². The minimum absolute atomic E-state index is 0.0171. The number of carbonyl (C=O) groups excluding carboxylic acids is 2. The minimum Gasteiger partial charge on any atom is -0.341 e. The smallest absolute Gasteiger partial charge is 0.268 e. The Balaban J connectivity index is 1.86. The van der Waals surface area contributed by atoms with Gasteiger partial charge in [-0.2, -0.15) is 0 Å². The summed E-state index contributed by atoms with van der Waals surface area (Å²) in [6.07, 6.45) is 1.57. The average molecular weight is 240 g/mol. The number of hydrogen-bond acceptors (Lipinski definition) is 6. The summed E-state index contributed by atoms with van der Waals surface area (Å²) in [6, 6.07) is -0.653. The van der Waals surface area contributed by atoms with Crippen molar-refractivity contribution in [1.29, 1.82) is 0 Å². The highest BCUT2D eigenvalue weighted by Gasteiger charge is 2.26. The van der Waals surface area contributed by atoms with Gasteiger partial charge in [0.2, 0.25) is 5.91 Å². The van der Waals surface area contributed by atoms with E-state index in [1.807, 2.05) is 0 Å². The second kappa shape index (κ2) is 4.89. The van der Waals surface area contributed by atoms with E-state index in [9.17, 15) is 9.59 Å². The zero-order chi connectivity index (χ0) is 12.3. The Morgan fingerprint density at radius 3 is 3.18 bits per heavy atom. The third kappa shape index (κ3) is 2.77. The molecule has 17 heavy (non-hydrogen) atoms. The van der Waals surface area contributed by atoms with Gasteiger partial charge in [0.05, 0.1) is 11.9 Å². The zero-order valence-electron chi connectivity index (χ0n) is 8.92. The number of nitrogens with two attached hydrogens (primary N) is 1. The van der Waals surface area contributed by atoms with Crippen molar-refractivity contribution < 1.29 is 14.4 Å². The molecule has 0 aliphatic carbocycles. The van der Waals surface area contributed by atoms with E-state index < -0.39 is 6.04 Å². The first-order chi connectivity index (χ1) is 8.19. The summed E-state index contributed by atoms with van der Waals surface area (Å²) in [5.74, 6) is -0.705. The van der Waals surface area contributed by atoms with Gasteiger partial charge in [-0.1, -0.05) is 5.21 Å². The molecule has 1 aromatic rings. The summed E-state index contributed by atoms with van der Waals surface area (Å²) in [4.78, 5) is 27.3. The molecule has 0 spiro atoms. The molecule has 1 fully saturated rings. The van der Waals surface area contributed by atoms with Crippen molar-refractivity contribution in [3.8, 4) is 0 Å². The van der Waals surface area contributed by atoms with Gasteiger partial charge in [0.1, 0.15) is 19.2 Å². The number of hydrogen-bond donors (Lipinski definition) is 3. The second-order valence-corrected chi connectivity index (χ2v) is 3.51. The van der Waals surface area contributed by atoms with Crippen LogP contribution >= 0.6 is 0 Å². The number of aromatic nitrogens is 3. The normalized spacial score (nSPS) is 19.1. The molecule has 1 aliphatic heterocycles. The van der Waals surface area contributed by atoms with E-state index in [-0.39, 0.29) is 31.5 Å². The monoisotopic (exact) mass is 240 g/mol. The lowest BCUT2D eigenvalue weighted by Gasteiger charge is -2.07. The lowest BCUT2D eigenvalue weighted by atomic mass is 10.3. The van der Waals surface area contributed by atoms with Gasteiger partial charge in [0, 0.05) is 6.54 Å². The molecular formula is C8H12N6O3. The van der Waals surface area contributed by atoms with E-state index in [4.69, 9.17) is 5.73 Å². The molecule has 2 rings (SSSR count). The first-order valence-electron chi connectivity index (χ1n) is 4.99. The van der Waals surface area contributed by atoms with Crippen molar-refractivity contribution in [3.05, 3.63) is 11.9 Å². The Morgan fingerprint density at radius 1 is 1.76 bits per heavy atom. The van der Waals surface area contributed by atoms with Gasteiger partial charge in [0.15, 0.2) is 0 Å². The van der Waals surface area contributed by atoms with Crippen LogP contribution in [-0.4, -0.2) is 39.5 Å². The highest BCUT2D eigenvalue weighted by Crippen LogP contribution is 1.95. The number of nitrogens with one attached hydrogen (secondary N) is 2. The van der Waals surface area contributed by atoms with Crippen LogP contribution in [0.2, 0.25) is 0 Å². The van der Waals surface area contributed by atoms with Gasteiger partial charge in [0.25, 0.3) is 5.91 Å². The summed E-state index contributed by atoms with van der Waals surface area (Å²) < 4.78 is 1.35. The highest BCUT2D eigenvalue weighted by atomic mass is 16.7. The molecular weight excluding hydrogens is 228 g/mol. The summed E-state index contributed by atoms with van der Waals surface area (Å²) in [7, 11) is 0. The summed E-state index contributed by atoms with van der Waals surface area (Å²) in [5.41, 5.74) is 8.10. The topological polar surface area (TPSA) is 124 Å². The quantitative estimate of drug-likeness (QED) is 0.525. The molecule has 0 bridgehead atoms. The Morgan fingerprint density at radius 2 is 2.59 bits per heavy atom. The van der Waals surface area contributed by atoms with Crippen molar-refractivity contribution in [2.45, 2.75) is 19.1 Å². The van der Waals surface area contributed by atoms with E-state index in [1.54, 1.807) is 6.20 Å². The maximum Gasteiger partial charge on any atom is 0.268 e. The van der Waals surface area contributed by atoms with Crippen molar-refractivity contribution >= 4 is 11.8 Å². The standard InChI is InChI=1S/C8H12N6O3/c9-1-5-2-14(13-11-5)3-7(15)10-6-4-17-12-8(6)16/h2,6H,1,3-4,9H2,(H,10,15)(H,12,16)/t6-/m1/s1. The van der Waals surface area contributed by atoms with Crippen molar-refractivity contribution in [1.82, 2.24) is 25.8 Å². The average Bonchev–Trinajstić information content (AvgIpc) is 2.89. The Labute approximate surface area is 96.2 Å². The van der Waals surface area contributed by atoms with Gasteiger partial charge in [-0.3, -0.25) is 14.4 Å². The molecule has 1 aromatic heterocycles. The second-order valence-electron chi connectivity index (χ2n) is 3.51. The summed E-state index contributed by atoms with van der Waals surface area (Å²) in [6.45, 7) is 0.368. The number of rotatable bonds is 4. The third-order valence-electron chi connectivity index (χ3n) is 2.18. The zero-order valence-corrected chi connectivity index (χ0v) is 8.92. The van der Waals surface area contributed by atoms with E-state index >= 15 is 0 Å². The van der Waals surface area contributed by atoms with Crippen LogP contribution in [0, 0.1) is 0 Å². The molecule has 2 heterocycles. The predicted molar refractivity (Wildman–Crippen MR) is 53.9 cm³/mol. The van der Waals surface area contributed by atoms with Crippen LogP contribution in [0.5, 0.6) is 0 Å². The molecule has 0 unspecified atom stereocenters. The van der Waals surface area contributed by atoms with E-state index in [2.05, 4.69) is 25.9 Å². The Hall–Kier alpha value is -2.00. The molecule has 1 atom stereocenters.